The number of aliphatic imine (C=N–C) groups is 1. The van der Waals surface area contributed by atoms with E-state index in [1.54, 1.807) is 17.6 Å². The second kappa shape index (κ2) is 7.46. The first-order chi connectivity index (χ1) is 8.02. The molecule has 1 unspecified atom stereocenters. The molecular weight excluding hydrogens is 258 g/mol. The molecule has 0 spiro atoms. The maximum absolute atomic E-state index is 10.1. The molecule has 18 heavy (non-hydrogen) atoms. The molecule has 5 N–H and O–H groups in total. The van der Waals surface area contributed by atoms with Gasteiger partial charge >= 0.3 is 0 Å². The van der Waals surface area contributed by atoms with Gasteiger partial charge in [-0.15, -0.1) is 12.4 Å². The van der Waals surface area contributed by atoms with Gasteiger partial charge in [0, 0.05) is 6.04 Å². The Bertz CT molecular complexity index is 421. The van der Waals surface area contributed by atoms with Crippen molar-refractivity contribution >= 4 is 24.1 Å². The molecule has 1 rings (SSSR count). The van der Waals surface area contributed by atoms with Gasteiger partial charge in [-0.05, 0) is 24.1 Å². The van der Waals surface area contributed by atoms with Crippen molar-refractivity contribution in [2.45, 2.75) is 19.4 Å². The monoisotopic (exact) mass is 273 g/mol. The van der Waals surface area contributed by atoms with E-state index in [4.69, 9.17) is 11.5 Å². The number of hydrogen-bond donors (Lipinski definition) is 3. The number of guanidine groups is 1. The molecule has 0 aliphatic rings. The van der Waals surface area contributed by atoms with E-state index in [1.165, 1.54) is 0 Å². The van der Waals surface area contributed by atoms with Crippen LogP contribution in [-0.4, -0.2) is 11.0 Å². The first kappa shape index (κ1) is 16.1. The van der Waals surface area contributed by atoms with Gasteiger partial charge in [0.05, 0.1) is 5.69 Å². The smallest absolute Gasteiger partial charge is 0.256 e. The van der Waals surface area contributed by atoms with Crippen molar-refractivity contribution in [2.75, 3.05) is 0 Å². The number of benzene rings is 1. The van der Waals surface area contributed by atoms with Crippen molar-refractivity contribution in [1.29, 1.82) is 0 Å². The van der Waals surface area contributed by atoms with Gasteiger partial charge < -0.3 is 11.5 Å². The standard InChI is InChI=1S/C10H15N5O2.ClH/c1-2-9(11)7-3-5-8(6-4-7)13-10(12)14-15(16)17;/h3-6,9H,2,11H2,1H3,(H3,12,13,14);1H. The summed E-state index contributed by atoms with van der Waals surface area (Å²) in [6.07, 6.45) is 0.841. The zero-order valence-corrected chi connectivity index (χ0v) is 10.7. The summed E-state index contributed by atoms with van der Waals surface area (Å²) in [6, 6.07) is 7.06. The highest BCUT2D eigenvalue weighted by Crippen LogP contribution is 2.18. The predicted octanol–water partition coefficient (Wildman–Crippen LogP) is 1.25. The van der Waals surface area contributed by atoms with Gasteiger partial charge in [-0.3, -0.25) is 0 Å². The van der Waals surface area contributed by atoms with Gasteiger partial charge in [-0.2, -0.15) is 0 Å². The second-order valence-electron chi connectivity index (χ2n) is 3.47. The van der Waals surface area contributed by atoms with Crippen LogP contribution in [0.5, 0.6) is 0 Å². The molecule has 0 fully saturated rings. The fourth-order valence-corrected chi connectivity index (χ4v) is 1.29. The van der Waals surface area contributed by atoms with Crippen molar-refractivity contribution in [2.24, 2.45) is 16.5 Å². The molecule has 0 amide bonds. The van der Waals surface area contributed by atoms with Crippen LogP contribution in [0, 0.1) is 10.1 Å². The highest BCUT2D eigenvalue weighted by atomic mass is 35.5. The van der Waals surface area contributed by atoms with Gasteiger partial charge in [0.25, 0.3) is 5.96 Å². The molecular formula is C10H16ClN5O2. The van der Waals surface area contributed by atoms with E-state index < -0.39 is 5.03 Å². The third-order valence-corrected chi connectivity index (χ3v) is 2.22. The second-order valence-corrected chi connectivity index (χ2v) is 3.47. The molecule has 0 saturated heterocycles. The minimum atomic E-state index is -0.764. The Morgan fingerprint density at radius 1 is 1.50 bits per heavy atom. The molecule has 100 valence electrons. The summed E-state index contributed by atoms with van der Waals surface area (Å²) < 4.78 is 0. The lowest BCUT2D eigenvalue weighted by Crippen LogP contribution is -2.35. The summed E-state index contributed by atoms with van der Waals surface area (Å²) in [4.78, 5) is 13.9. The largest absolute Gasteiger partial charge is 0.365 e. The minimum Gasteiger partial charge on any atom is -0.365 e. The Hall–Kier alpha value is -1.86. The number of nitro groups is 1. The van der Waals surface area contributed by atoms with Crippen LogP contribution in [0.25, 0.3) is 0 Å². The van der Waals surface area contributed by atoms with Crippen molar-refractivity contribution in [3.8, 4) is 0 Å². The van der Waals surface area contributed by atoms with E-state index in [1.807, 2.05) is 19.1 Å². The molecule has 0 saturated carbocycles. The van der Waals surface area contributed by atoms with E-state index in [0.717, 1.165) is 12.0 Å². The number of halogens is 1. The van der Waals surface area contributed by atoms with Crippen LogP contribution < -0.4 is 16.9 Å². The van der Waals surface area contributed by atoms with Gasteiger partial charge in [0.2, 0.25) is 0 Å². The lowest BCUT2D eigenvalue weighted by molar-refractivity contribution is -0.525. The SMILES string of the molecule is CCC(N)c1ccc(N=C(N)N[N+](=O)[O-])cc1.Cl. The van der Waals surface area contributed by atoms with Gasteiger partial charge in [-0.25, -0.2) is 15.1 Å². The molecule has 1 atom stereocenters. The molecule has 0 bridgehead atoms. The fourth-order valence-electron chi connectivity index (χ4n) is 1.29. The molecule has 7 nitrogen and oxygen atoms in total. The summed E-state index contributed by atoms with van der Waals surface area (Å²) in [7, 11) is 0. The zero-order chi connectivity index (χ0) is 12.8. The molecule has 0 aliphatic heterocycles. The number of nitrogens with zero attached hydrogens (tertiary/aromatic N) is 2. The summed E-state index contributed by atoms with van der Waals surface area (Å²) in [5.74, 6) is -0.262. The summed E-state index contributed by atoms with van der Waals surface area (Å²) >= 11 is 0. The molecule has 0 heterocycles. The quantitative estimate of drug-likeness (QED) is 0.330. The van der Waals surface area contributed by atoms with E-state index in [2.05, 4.69) is 4.99 Å². The van der Waals surface area contributed by atoms with Crippen LogP contribution in [-0.2, 0) is 0 Å². The molecule has 0 aromatic heterocycles. The number of hydrogen-bond acceptors (Lipinski definition) is 4. The lowest BCUT2D eigenvalue weighted by atomic mass is 10.1. The van der Waals surface area contributed by atoms with Crippen LogP contribution in [0.3, 0.4) is 0 Å². The third kappa shape index (κ3) is 4.98. The van der Waals surface area contributed by atoms with Crippen molar-refractivity contribution in [3.05, 3.63) is 39.9 Å². The van der Waals surface area contributed by atoms with Crippen LogP contribution in [0.15, 0.2) is 29.3 Å². The Labute approximate surface area is 111 Å². The average molecular weight is 274 g/mol. The summed E-state index contributed by atoms with van der Waals surface area (Å²) in [5.41, 5.74) is 14.4. The maximum atomic E-state index is 10.1. The van der Waals surface area contributed by atoms with Crippen LogP contribution in [0.2, 0.25) is 0 Å². The highest BCUT2D eigenvalue weighted by molar-refractivity contribution is 5.85. The first-order valence-electron chi connectivity index (χ1n) is 5.13. The van der Waals surface area contributed by atoms with E-state index in [0.29, 0.717) is 5.69 Å². The van der Waals surface area contributed by atoms with Crippen LogP contribution in [0.1, 0.15) is 24.9 Å². The van der Waals surface area contributed by atoms with Crippen molar-refractivity contribution in [3.63, 3.8) is 0 Å². The highest BCUT2D eigenvalue weighted by Gasteiger charge is 2.03. The number of nitrogens with two attached hydrogens (primary N) is 2. The molecule has 0 radical (unpaired) electrons. The molecule has 1 aromatic rings. The van der Waals surface area contributed by atoms with Gasteiger partial charge in [0.1, 0.15) is 0 Å². The van der Waals surface area contributed by atoms with Crippen molar-refractivity contribution in [1.82, 2.24) is 5.43 Å². The van der Waals surface area contributed by atoms with E-state index in [-0.39, 0.29) is 24.4 Å². The Kier molecular flexibility index (Phi) is 6.69. The Morgan fingerprint density at radius 3 is 2.50 bits per heavy atom. The third-order valence-electron chi connectivity index (χ3n) is 2.22. The maximum Gasteiger partial charge on any atom is 0.256 e. The van der Waals surface area contributed by atoms with Crippen molar-refractivity contribution < 1.29 is 5.03 Å². The van der Waals surface area contributed by atoms with Crippen LogP contribution >= 0.6 is 12.4 Å². The average Bonchev–Trinajstić information content (AvgIpc) is 2.28. The van der Waals surface area contributed by atoms with Gasteiger partial charge in [-0.1, -0.05) is 24.5 Å². The predicted molar refractivity (Wildman–Crippen MR) is 72.3 cm³/mol. The lowest BCUT2D eigenvalue weighted by Gasteiger charge is -2.08. The molecule has 8 heteroatoms. The Morgan fingerprint density at radius 2 is 2.06 bits per heavy atom. The minimum absolute atomic E-state index is 0. The summed E-state index contributed by atoms with van der Waals surface area (Å²) in [5, 5.41) is 9.34. The normalized spacial score (nSPS) is 12.4. The Balaban J connectivity index is 0.00000289. The van der Waals surface area contributed by atoms with Gasteiger partial charge in [0.15, 0.2) is 5.03 Å². The van der Waals surface area contributed by atoms with E-state index in [9.17, 15) is 10.1 Å². The zero-order valence-electron chi connectivity index (χ0n) is 9.87. The first-order valence-corrected chi connectivity index (χ1v) is 5.13. The summed E-state index contributed by atoms with van der Waals surface area (Å²) in [6.45, 7) is 2.00. The van der Waals surface area contributed by atoms with E-state index >= 15 is 0 Å². The molecule has 1 aromatic carbocycles. The van der Waals surface area contributed by atoms with Crippen LogP contribution in [0.4, 0.5) is 5.69 Å². The number of hydrazine groups is 1. The molecule has 0 aliphatic carbocycles. The number of nitrogens with one attached hydrogen (secondary N) is 1. The topological polar surface area (TPSA) is 120 Å². The fraction of sp³-hybridized carbons (Fsp3) is 0.300. The number of rotatable bonds is 4.